The van der Waals surface area contributed by atoms with E-state index in [9.17, 15) is 9.18 Å². The molecule has 0 amide bonds. The molecular formula is C27H34FN3O2. The van der Waals surface area contributed by atoms with Crippen molar-refractivity contribution < 1.29 is 13.9 Å². The molecular weight excluding hydrogens is 417 g/mol. The van der Waals surface area contributed by atoms with Crippen LogP contribution in [0.4, 0.5) is 4.39 Å². The Balaban J connectivity index is 1.84. The van der Waals surface area contributed by atoms with Gasteiger partial charge in [-0.25, -0.2) is 9.18 Å². The Bertz CT molecular complexity index is 1130. The minimum Gasteiger partial charge on any atom is -0.459 e. The first-order valence-electron chi connectivity index (χ1n) is 11.9. The molecule has 1 saturated heterocycles. The number of piperazine rings is 1. The van der Waals surface area contributed by atoms with Gasteiger partial charge in [0.25, 0.3) is 0 Å². The molecule has 0 N–H and O–H groups in total. The fraction of sp³-hybridized carbons (Fsp3) is 0.444. The molecule has 1 atom stereocenters. The van der Waals surface area contributed by atoms with Crippen LogP contribution in [0.15, 0.2) is 42.6 Å². The van der Waals surface area contributed by atoms with E-state index >= 15 is 0 Å². The molecule has 33 heavy (non-hydrogen) atoms. The Morgan fingerprint density at radius 2 is 1.73 bits per heavy atom. The number of carbonyl (C=O) groups excluding carboxylic acids is 1. The summed E-state index contributed by atoms with van der Waals surface area (Å²) >= 11 is 0. The molecule has 2 aromatic heterocycles. The predicted molar refractivity (Wildman–Crippen MR) is 130 cm³/mol. The van der Waals surface area contributed by atoms with Crippen LogP contribution in [0.25, 0.3) is 16.6 Å². The number of ether oxygens (including phenoxy) is 1. The number of fused-ring (bicyclic) bond motifs is 1. The lowest BCUT2D eigenvalue weighted by molar-refractivity contribution is 0.0376. The van der Waals surface area contributed by atoms with Gasteiger partial charge in [0.05, 0.1) is 17.2 Å². The van der Waals surface area contributed by atoms with E-state index < -0.39 is 0 Å². The normalized spacial score (nSPS) is 16.5. The minimum atomic E-state index is -0.305. The van der Waals surface area contributed by atoms with Gasteiger partial charge in [-0.15, -0.1) is 0 Å². The monoisotopic (exact) mass is 451 g/mol. The number of hydrogen-bond donors (Lipinski definition) is 0. The fourth-order valence-corrected chi connectivity index (χ4v) is 4.88. The van der Waals surface area contributed by atoms with E-state index in [4.69, 9.17) is 4.74 Å². The second kappa shape index (κ2) is 9.65. The molecule has 1 aromatic carbocycles. The van der Waals surface area contributed by atoms with E-state index in [0.29, 0.717) is 5.56 Å². The van der Waals surface area contributed by atoms with Crippen molar-refractivity contribution >= 4 is 11.5 Å². The van der Waals surface area contributed by atoms with Crippen molar-refractivity contribution in [1.29, 1.82) is 0 Å². The molecule has 0 aliphatic carbocycles. The van der Waals surface area contributed by atoms with Crippen LogP contribution in [0.3, 0.4) is 0 Å². The van der Waals surface area contributed by atoms with Gasteiger partial charge in [0, 0.05) is 49.7 Å². The summed E-state index contributed by atoms with van der Waals surface area (Å²) < 4.78 is 21.3. The van der Waals surface area contributed by atoms with Crippen molar-refractivity contribution in [3.05, 3.63) is 65.2 Å². The second-order valence-electron chi connectivity index (χ2n) is 9.16. The van der Waals surface area contributed by atoms with Crippen LogP contribution in [0.1, 0.15) is 55.4 Å². The highest BCUT2D eigenvalue weighted by Crippen LogP contribution is 2.34. The second-order valence-corrected chi connectivity index (χ2v) is 9.16. The highest BCUT2D eigenvalue weighted by molar-refractivity contribution is 5.95. The Morgan fingerprint density at radius 1 is 1.06 bits per heavy atom. The molecule has 3 heterocycles. The fourth-order valence-electron chi connectivity index (χ4n) is 4.88. The number of esters is 1. The average molecular weight is 452 g/mol. The van der Waals surface area contributed by atoms with Crippen LogP contribution >= 0.6 is 0 Å². The molecule has 4 rings (SSSR count). The van der Waals surface area contributed by atoms with E-state index in [0.717, 1.165) is 60.6 Å². The van der Waals surface area contributed by atoms with E-state index in [1.54, 1.807) is 12.1 Å². The first kappa shape index (κ1) is 23.5. The molecule has 1 aliphatic rings. The minimum absolute atomic E-state index is 0.131. The molecule has 3 aromatic rings. The zero-order chi connectivity index (χ0) is 23.7. The van der Waals surface area contributed by atoms with Gasteiger partial charge in [-0.1, -0.05) is 19.1 Å². The molecule has 5 nitrogen and oxygen atoms in total. The third-order valence-electron chi connectivity index (χ3n) is 6.77. The Labute approximate surface area is 195 Å². The number of aromatic nitrogens is 1. The highest BCUT2D eigenvalue weighted by atomic mass is 19.1. The molecule has 1 fully saturated rings. The molecule has 6 heteroatoms. The number of pyridine rings is 1. The Kier molecular flexibility index (Phi) is 6.86. The lowest BCUT2D eigenvalue weighted by Crippen LogP contribution is -2.47. The van der Waals surface area contributed by atoms with Gasteiger partial charge in [-0.2, -0.15) is 0 Å². The van der Waals surface area contributed by atoms with Crippen molar-refractivity contribution in [2.24, 2.45) is 0 Å². The van der Waals surface area contributed by atoms with Gasteiger partial charge in [-0.3, -0.25) is 4.90 Å². The number of rotatable bonds is 6. The summed E-state index contributed by atoms with van der Waals surface area (Å²) in [6, 6.07) is 10.6. The molecule has 0 bridgehead atoms. The summed E-state index contributed by atoms with van der Waals surface area (Å²) in [5, 5.41) is 0. The quantitative estimate of drug-likeness (QED) is 0.476. The van der Waals surface area contributed by atoms with Crippen LogP contribution < -0.4 is 0 Å². The number of hydrogen-bond acceptors (Lipinski definition) is 4. The van der Waals surface area contributed by atoms with Crippen LogP contribution in [-0.4, -0.2) is 59.0 Å². The van der Waals surface area contributed by atoms with Crippen molar-refractivity contribution in [2.75, 3.05) is 32.7 Å². The largest absolute Gasteiger partial charge is 0.459 e. The number of benzene rings is 1. The molecule has 176 valence electrons. The topological polar surface area (TPSA) is 37.2 Å². The third kappa shape index (κ3) is 4.68. The van der Waals surface area contributed by atoms with Gasteiger partial charge in [0.1, 0.15) is 5.82 Å². The summed E-state index contributed by atoms with van der Waals surface area (Å²) in [5.74, 6) is -0.569. The lowest BCUT2D eigenvalue weighted by atomic mass is 9.99. The maximum atomic E-state index is 13.5. The van der Waals surface area contributed by atoms with Gasteiger partial charge >= 0.3 is 5.97 Å². The highest BCUT2D eigenvalue weighted by Gasteiger charge is 2.27. The van der Waals surface area contributed by atoms with Crippen LogP contribution in [0.5, 0.6) is 0 Å². The summed E-state index contributed by atoms with van der Waals surface area (Å²) in [5.41, 5.74) is 5.45. The van der Waals surface area contributed by atoms with Crippen molar-refractivity contribution in [3.63, 3.8) is 0 Å². The number of likely N-dealkylation sites (N-methyl/N-ethyl adjacent to an activating group) is 1. The van der Waals surface area contributed by atoms with Gasteiger partial charge in [-0.05, 0) is 69.6 Å². The molecule has 1 aliphatic heterocycles. The number of carbonyl (C=O) groups is 1. The Hall–Kier alpha value is -2.70. The summed E-state index contributed by atoms with van der Waals surface area (Å²) in [7, 11) is 0. The maximum absolute atomic E-state index is 13.5. The zero-order valence-electron chi connectivity index (χ0n) is 20.3. The van der Waals surface area contributed by atoms with Crippen molar-refractivity contribution in [3.8, 4) is 11.1 Å². The number of nitrogens with zero attached hydrogens (tertiary/aromatic N) is 3. The first-order valence-corrected chi connectivity index (χ1v) is 11.9. The van der Waals surface area contributed by atoms with Gasteiger partial charge in [0.15, 0.2) is 0 Å². The summed E-state index contributed by atoms with van der Waals surface area (Å²) in [6.07, 6.45) is 1.87. The first-order chi connectivity index (χ1) is 15.8. The van der Waals surface area contributed by atoms with Crippen LogP contribution in [-0.2, 0) is 4.74 Å². The number of halogens is 1. The standard InChI is InChI=1S/C27H34FN3O2/c1-6-29-13-15-30(16-14-29)20(5)26-19(4)24(27(32)33-18(2)3)17-25-23(11-12-31(25)26)21-7-9-22(28)10-8-21/h7-12,17-18,20H,6,13-16H2,1-5H3. The predicted octanol–water partition coefficient (Wildman–Crippen LogP) is 5.32. The molecule has 1 unspecified atom stereocenters. The van der Waals surface area contributed by atoms with Crippen LogP contribution in [0, 0.1) is 12.7 Å². The van der Waals surface area contributed by atoms with E-state index in [-0.39, 0.29) is 23.9 Å². The smallest absolute Gasteiger partial charge is 0.338 e. The average Bonchev–Trinajstić information content (AvgIpc) is 3.21. The zero-order valence-corrected chi connectivity index (χ0v) is 20.3. The van der Waals surface area contributed by atoms with Crippen molar-refractivity contribution in [2.45, 2.75) is 46.8 Å². The maximum Gasteiger partial charge on any atom is 0.338 e. The third-order valence-corrected chi connectivity index (χ3v) is 6.77. The molecule has 0 saturated carbocycles. The van der Waals surface area contributed by atoms with Crippen LogP contribution in [0.2, 0.25) is 0 Å². The lowest BCUT2D eigenvalue weighted by Gasteiger charge is -2.38. The summed E-state index contributed by atoms with van der Waals surface area (Å²) in [4.78, 5) is 18.0. The van der Waals surface area contributed by atoms with Gasteiger partial charge < -0.3 is 14.0 Å². The van der Waals surface area contributed by atoms with Crippen molar-refractivity contribution in [1.82, 2.24) is 14.2 Å². The Morgan fingerprint density at radius 3 is 2.33 bits per heavy atom. The van der Waals surface area contributed by atoms with E-state index in [2.05, 4.69) is 34.2 Å². The van der Waals surface area contributed by atoms with E-state index in [1.165, 1.54) is 12.1 Å². The molecule has 0 spiro atoms. The molecule has 0 radical (unpaired) electrons. The van der Waals surface area contributed by atoms with E-state index in [1.807, 2.05) is 32.9 Å². The SMILES string of the molecule is CCN1CCN(C(C)c2c(C)c(C(=O)OC(C)C)cc3c(-c4ccc(F)cc4)ccn23)CC1. The summed E-state index contributed by atoms with van der Waals surface area (Å²) in [6.45, 7) is 15.3. The van der Waals surface area contributed by atoms with Gasteiger partial charge in [0.2, 0.25) is 0 Å².